The minimum Gasteiger partial charge on any atom is -0.477 e. The van der Waals surface area contributed by atoms with Gasteiger partial charge in [0.2, 0.25) is 0 Å². The molecule has 0 aliphatic heterocycles. The van der Waals surface area contributed by atoms with Crippen LogP contribution >= 0.6 is 11.3 Å². The zero-order valence-corrected chi connectivity index (χ0v) is 8.70. The van der Waals surface area contributed by atoms with Crippen molar-refractivity contribution in [2.75, 3.05) is 5.32 Å². The van der Waals surface area contributed by atoms with Gasteiger partial charge in [-0.15, -0.1) is 11.3 Å². The number of anilines is 1. The lowest BCUT2D eigenvalue weighted by atomic mass is 10.3. The molecule has 0 bridgehead atoms. The van der Waals surface area contributed by atoms with E-state index in [2.05, 4.69) is 0 Å². The van der Waals surface area contributed by atoms with Crippen LogP contribution in [0, 0.1) is 6.92 Å². The Kier molecular flexibility index (Phi) is 3.22. The summed E-state index contributed by atoms with van der Waals surface area (Å²) in [5.74, 6) is -3.36. The fourth-order valence-electron chi connectivity index (χ4n) is 0.939. The number of nitrogens with one attached hydrogen (secondary N) is 1. The third-order valence-corrected chi connectivity index (χ3v) is 2.75. The normalized spacial score (nSPS) is 11.2. The summed E-state index contributed by atoms with van der Waals surface area (Å²) in [6.07, 6.45) is -4.98. The maximum absolute atomic E-state index is 11.9. The summed E-state index contributed by atoms with van der Waals surface area (Å²) in [4.78, 5) is 21.0. The van der Waals surface area contributed by atoms with Crippen LogP contribution in [0.15, 0.2) is 6.07 Å². The number of hydrogen-bond acceptors (Lipinski definition) is 3. The highest BCUT2D eigenvalue weighted by Gasteiger charge is 2.39. The van der Waals surface area contributed by atoms with Gasteiger partial charge in [-0.05, 0) is 18.6 Å². The number of alkyl halides is 3. The minimum atomic E-state index is -4.98. The Balaban J connectivity index is 2.88. The summed E-state index contributed by atoms with van der Waals surface area (Å²) in [6.45, 7) is 1.43. The topological polar surface area (TPSA) is 66.4 Å². The van der Waals surface area contributed by atoms with E-state index >= 15 is 0 Å². The van der Waals surface area contributed by atoms with Crippen LogP contribution in [0.1, 0.15) is 15.2 Å². The van der Waals surface area contributed by atoms with Crippen molar-refractivity contribution in [1.82, 2.24) is 0 Å². The number of amides is 1. The molecule has 4 nitrogen and oxygen atoms in total. The fourth-order valence-corrected chi connectivity index (χ4v) is 1.85. The summed E-state index contributed by atoms with van der Waals surface area (Å²) in [5.41, 5.74) is 0.301. The molecule has 0 aliphatic carbocycles. The molecule has 16 heavy (non-hydrogen) atoms. The molecule has 0 aliphatic rings. The second-order valence-electron chi connectivity index (χ2n) is 2.88. The molecule has 0 atom stereocenters. The highest BCUT2D eigenvalue weighted by Crippen LogP contribution is 2.28. The van der Waals surface area contributed by atoms with Gasteiger partial charge >= 0.3 is 18.1 Å². The average molecular weight is 253 g/mol. The van der Waals surface area contributed by atoms with Crippen LogP contribution in [-0.4, -0.2) is 23.2 Å². The molecule has 0 radical (unpaired) electrons. The number of hydrogen-bond donors (Lipinski definition) is 2. The van der Waals surface area contributed by atoms with Crippen LogP contribution in [0.5, 0.6) is 0 Å². The Morgan fingerprint density at radius 3 is 2.38 bits per heavy atom. The van der Waals surface area contributed by atoms with E-state index in [1.165, 1.54) is 13.0 Å². The van der Waals surface area contributed by atoms with E-state index in [1.54, 1.807) is 5.32 Å². The molecular weight excluding hydrogens is 247 g/mol. The Labute approximate surface area is 91.7 Å². The summed E-state index contributed by atoms with van der Waals surface area (Å²) >= 11 is 0.581. The van der Waals surface area contributed by atoms with Crippen molar-refractivity contribution in [2.24, 2.45) is 0 Å². The predicted octanol–water partition coefficient (Wildman–Crippen LogP) is 2.26. The second-order valence-corrected chi connectivity index (χ2v) is 3.93. The predicted molar refractivity (Wildman–Crippen MR) is 50.7 cm³/mol. The van der Waals surface area contributed by atoms with E-state index in [0.717, 1.165) is 0 Å². The van der Waals surface area contributed by atoms with Crippen molar-refractivity contribution < 1.29 is 27.9 Å². The van der Waals surface area contributed by atoms with Gasteiger partial charge in [0, 0.05) is 0 Å². The molecule has 2 N–H and O–H groups in total. The summed E-state index contributed by atoms with van der Waals surface area (Å²) in [6, 6.07) is 1.18. The first-order valence-electron chi connectivity index (χ1n) is 3.93. The maximum Gasteiger partial charge on any atom is 0.471 e. The molecule has 88 valence electrons. The van der Waals surface area contributed by atoms with Crippen LogP contribution < -0.4 is 5.32 Å². The summed E-state index contributed by atoms with van der Waals surface area (Å²) in [5, 5.41) is 10.1. The molecule has 0 saturated heterocycles. The lowest BCUT2D eigenvalue weighted by molar-refractivity contribution is -0.167. The Bertz CT molecular complexity index is 438. The smallest absolute Gasteiger partial charge is 0.471 e. The van der Waals surface area contributed by atoms with Crippen molar-refractivity contribution in [3.63, 3.8) is 0 Å². The Morgan fingerprint density at radius 2 is 2.00 bits per heavy atom. The van der Waals surface area contributed by atoms with E-state index in [-0.39, 0.29) is 9.88 Å². The van der Waals surface area contributed by atoms with E-state index in [9.17, 15) is 22.8 Å². The summed E-state index contributed by atoms with van der Waals surface area (Å²) < 4.78 is 35.6. The number of halogens is 3. The maximum atomic E-state index is 11.9. The van der Waals surface area contributed by atoms with Gasteiger partial charge in [-0.1, -0.05) is 0 Å². The molecule has 0 spiro atoms. The fraction of sp³-hybridized carbons (Fsp3) is 0.250. The molecule has 0 saturated carbocycles. The van der Waals surface area contributed by atoms with E-state index in [1.807, 2.05) is 0 Å². The lowest BCUT2D eigenvalue weighted by Crippen LogP contribution is -2.29. The largest absolute Gasteiger partial charge is 0.477 e. The SMILES string of the molecule is Cc1cc(NC(=O)C(F)(F)F)sc1C(=O)O. The molecule has 1 aromatic rings. The molecule has 0 aromatic carbocycles. The van der Waals surface area contributed by atoms with Gasteiger partial charge in [0.15, 0.2) is 0 Å². The Morgan fingerprint density at radius 1 is 1.44 bits per heavy atom. The first kappa shape index (κ1) is 12.5. The first-order valence-corrected chi connectivity index (χ1v) is 4.75. The van der Waals surface area contributed by atoms with Crippen LogP contribution in [0.4, 0.5) is 18.2 Å². The van der Waals surface area contributed by atoms with E-state index in [4.69, 9.17) is 5.11 Å². The third-order valence-electron chi connectivity index (χ3n) is 1.61. The highest BCUT2D eigenvalue weighted by molar-refractivity contribution is 7.18. The lowest BCUT2D eigenvalue weighted by Gasteiger charge is -2.04. The quantitative estimate of drug-likeness (QED) is 0.849. The average Bonchev–Trinajstić information content (AvgIpc) is 2.45. The molecule has 0 fully saturated rings. The van der Waals surface area contributed by atoms with Crippen molar-refractivity contribution in [2.45, 2.75) is 13.1 Å². The van der Waals surface area contributed by atoms with E-state index in [0.29, 0.717) is 16.9 Å². The zero-order chi connectivity index (χ0) is 12.5. The number of carbonyl (C=O) groups excluding carboxylic acids is 1. The molecule has 1 heterocycles. The van der Waals surface area contributed by atoms with Gasteiger partial charge in [0.25, 0.3) is 0 Å². The van der Waals surface area contributed by atoms with Crippen LogP contribution in [0.2, 0.25) is 0 Å². The minimum absolute atomic E-state index is 0.0996. The number of rotatable bonds is 2. The molecule has 1 rings (SSSR count). The van der Waals surface area contributed by atoms with Gasteiger partial charge in [-0.2, -0.15) is 13.2 Å². The zero-order valence-electron chi connectivity index (χ0n) is 7.88. The van der Waals surface area contributed by atoms with Gasteiger partial charge in [0.05, 0.1) is 5.00 Å². The molecule has 1 amide bonds. The number of aryl methyl sites for hydroxylation is 1. The van der Waals surface area contributed by atoms with Crippen molar-refractivity contribution >= 4 is 28.2 Å². The van der Waals surface area contributed by atoms with Crippen LogP contribution in [0.3, 0.4) is 0 Å². The van der Waals surface area contributed by atoms with Crippen LogP contribution in [-0.2, 0) is 4.79 Å². The monoisotopic (exact) mass is 253 g/mol. The molecule has 8 heteroatoms. The summed E-state index contributed by atoms with van der Waals surface area (Å²) in [7, 11) is 0. The third kappa shape index (κ3) is 2.72. The second kappa shape index (κ2) is 4.12. The first-order chi connectivity index (χ1) is 7.21. The molecule has 1 aromatic heterocycles. The number of carboxylic acid groups (broad SMARTS) is 1. The number of thiophene rings is 1. The van der Waals surface area contributed by atoms with Gasteiger partial charge in [-0.25, -0.2) is 4.79 Å². The van der Waals surface area contributed by atoms with Gasteiger partial charge in [0.1, 0.15) is 4.88 Å². The van der Waals surface area contributed by atoms with Gasteiger partial charge < -0.3 is 10.4 Å². The van der Waals surface area contributed by atoms with Crippen LogP contribution in [0.25, 0.3) is 0 Å². The van der Waals surface area contributed by atoms with Crippen molar-refractivity contribution in [3.05, 3.63) is 16.5 Å². The van der Waals surface area contributed by atoms with E-state index < -0.39 is 18.1 Å². The Hall–Kier alpha value is -1.57. The standard InChI is InChI=1S/C8H6F3NO3S/c1-3-2-4(16-5(3)6(13)14)12-7(15)8(9,10)11/h2H,1H3,(H,12,15)(H,13,14). The number of carboxylic acids is 1. The van der Waals surface area contributed by atoms with Gasteiger partial charge in [-0.3, -0.25) is 4.79 Å². The van der Waals surface area contributed by atoms with Crippen molar-refractivity contribution in [1.29, 1.82) is 0 Å². The highest BCUT2D eigenvalue weighted by atomic mass is 32.1. The van der Waals surface area contributed by atoms with Crippen molar-refractivity contribution in [3.8, 4) is 0 Å². The number of aromatic carboxylic acids is 1. The molecular formula is C8H6F3NO3S. The molecule has 0 unspecified atom stereocenters. The number of carbonyl (C=O) groups is 2.